The van der Waals surface area contributed by atoms with Crippen LogP contribution in [0.5, 0.6) is 0 Å². The molecule has 0 saturated heterocycles. The molecule has 0 bridgehead atoms. The van der Waals surface area contributed by atoms with E-state index in [-0.39, 0.29) is 6.54 Å². The van der Waals surface area contributed by atoms with Crippen molar-refractivity contribution in [2.75, 3.05) is 41.8 Å². The van der Waals surface area contributed by atoms with E-state index >= 15 is 0 Å². The summed E-state index contributed by atoms with van der Waals surface area (Å²) in [6, 6.07) is 19.1. The lowest BCUT2D eigenvalue weighted by Gasteiger charge is -2.41. The SMILES string of the molecule is CN(C)P(=O)(N(C)C)N(C)CC(O)(c1ccccc1)c1ccccc1. The van der Waals surface area contributed by atoms with Gasteiger partial charge in [-0.05, 0) is 46.4 Å². The Kier molecular flexibility index (Phi) is 6.20. The van der Waals surface area contributed by atoms with Crippen molar-refractivity contribution in [2.45, 2.75) is 5.60 Å². The number of likely N-dealkylation sites (N-methyl/N-ethyl adjacent to an activating group) is 1. The van der Waals surface area contributed by atoms with E-state index < -0.39 is 13.2 Å². The van der Waals surface area contributed by atoms with Crippen LogP contribution in [0.25, 0.3) is 0 Å². The minimum Gasteiger partial charge on any atom is -0.379 e. The Balaban J connectivity index is 2.50. The number of hydrogen-bond donors (Lipinski definition) is 1. The molecule has 0 aliphatic carbocycles. The molecule has 0 saturated carbocycles. The van der Waals surface area contributed by atoms with Crippen molar-refractivity contribution >= 4 is 7.59 Å². The Morgan fingerprint density at radius 2 is 1.16 bits per heavy atom. The highest BCUT2D eigenvalue weighted by molar-refractivity contribution is 7.56. The molecule has 2 aromatic carbocycles. The van der Waals surface area contributed by atoms with E-state index in [9.17, 15) is 9.67 Å². The molecule has 0 atom stereocenters. The van der Waals surface area contributed by atoms with E-state index in [0.29, 0.717) is 0 Å². The maximum Gasteiger partial charge on any atom is 0.285 e. The van der Waals surface area contributed by atoms with Gasteiger partial charge in [0.25, 0.3) is 7.59 Å². The maximum atomic E-state index is 13.5. The highest BCUT2D eigenvalue weighted by Gasteiger charge is 2.40. The Morgan fingerprint density at radius 1 is 0.800 bits per heavy atom. The molecule has 25 heavy (non-hydrogen) atoms. The average Bonchev–Trinajstić information content (AvgIpc) is 2.61. The molecular formula is C19H28N3O2P. The Bertz CT molecular complexity index is 668. The first-order valence-corrected chi connectivity index (χ1v) is 9.80. The van der Waals surface area contributed by atoms with Crippen LogP contribution in [-0.4, -0.2) is 60.9 Å². The van der Waals surface area contributed by atoms with Gasteiger partial charge >= 0.3 is 0 Å². The fourth-order valence-corrected chi connectivity index (χ4v) is 5.49. The third-order valence-corrected chi connectivity index (χ3v) is 7.56. The maximum absolute atomic E-state index is 13.5. The molecule has 1 N–H and O–H groups in total. The van der Waals surface area contributed by atoms with E-state index in [0.717, 1.165) is 11.1 Å². The Labute approximate surface area is 151 Å². The van der Waals surface area contributed by atoms with E-state index in [2.05, 4.69) is 0 Å². The largest absolute Gasteiger partial charge is 0.379 e. The summed E-state index contributed by atoms with van der Waals surface area (Å²) in [5.41, 5.74) is 0.285. The van der Waals surface area contributed by atoms with Crippen LogP contribution in [0.15, 0.2) is 60.7 Å². The molecule has 0 heterocycles. The predicted molar refractivity (Wildman–Crippen MR) is 103 cm³/mol. The van der Waals surface area contributed by atoms with E-state index in [4.69, 9.17) is 0 Å². The zero-order chi connectivity index (χ0) is 18.7. The van der Waals surface area contributed by atoms with Crippen LogP contribution in [0.3, 0.4) is 0 Å². The number of benzene rings is 2. The summed E-state index contributed by atoms with van der Waals surface area (Å²) >= 11 is 0. The summed E-state index contributed by atoms with van der Waals surface area (Å²) in [5.74, 6) is 0. The van der Waals surface area contributed by atoms with Crippen molar-refractivity contribution < 1.29 is 9.67 Å². The first-order chi connectivity index (χ1) is 11.7. The van der Waals surface area contributed by atoms with Crippen LogP contribution < -0.4 is 0 Å². The van der Waals surface area contributed by atoms with Crippen LogP contribution in [0, 0.1) is 0 Å². The molecule has 0 aliphatic rings. The zero-order valence-electron chi connectivity index (χ0n) is 15.6. The molecule has 0 aliphatic heterocycles. The third kappa shape index (κ3) is 3.86. The molecule has 5 nitrogen and oxygen atoms in total. The number of rotatable bonds is 7. The molecule has 0 fully saturated rings. The first-order valence-electron chi connectivity index (χ1n) is 8.23. The Morgan fingerprint density at radius 3 is 1.48 bits per heavy atom. The molecule has 6 heteroatoms. The highest BCUT2D eigenvalue weighted by atomic mass is 31.2. The van der Waals surface area contributed by atoms with Crippen molar-refractivity contribution in [1.82, 2.24) is 14.0 Å². The molecule has 0 unspecified atom stereocenters. The minimum absolute atomic E-state index is 0.203. The molecule has 2 aromatic rings. The standard InChI is InChI=1S/C19H28N3O2P/c1-20(2)25(24,21(3)4)22(5)16-19(23,17-12-8-6-9-13-17)18-14-10-7-11-15-18/h6-15,23H,16H2,1-5H3. The second-order valence-corrected chi connectivity index (χ2v) is 9.93. The normalized spacial score (nSPS) is 13.0. The predicted octanol–water partition coefficient (Wildman–Crippen LogP) is 3.09. The van der Waals surface area contributed by atoms with Gasteiger partial charge in [-0.2, -0.15) is 0 Å². The quantitative estimate of drug-likeness (QED) is 0.768. The van der Waals surface area contributed by atoms with Crippen molar-refractivity contribution in [3.8, 4) is 0 Å². The van der Waals surface area contributed by atoms with Gasteiger partial charge in [-0.3, -0.25) is 4.57 Å². The smallest absolute Gasteiger partial charge is 0.285 e. The van der Waals surface area contributed by atoms with Crippen molar-refractivity contribution in [3.63, 3.8) is 0 Å². The van der Waals surface area contributed by atoms with Gasteiger partial charge in [0.05, 0.1) is 0 Å². The highest BCUT2D eigenvalue weighted by Crippen LogP contribution is 2.53. The molecule has 0 aromatic heterocycles. The van der Waals surface area contributed by atoms with Gasteiger partial charge in [0, 0.05) is 6.54 Å². The number of hydrogen-bond acceptors (Lipinski definition) is 2. The summed E-state index contributed by atoms with van der Waals surface area (Å²) < 4.78 is 18.7. The monoisotopic (exact) mass is 361 g/mol. The second kappa shape index (κ2) is 7.81. The molecule has 136 valence electrons. The van der Waals surface area contributed by atoms with Crippen molar-refractivity contribution in [2.24, 2.45) is 0 Å². The summed E-state index contributed by atoms with van der Waals surface area (Å²) in [5, 5.41) is 11.7. The molecular weight excluding hydrogens is 333 g/mol. The van der Waals surface area contributed by atoms with Crippen LogP contribution in [0.1, 0.15) is 11.1 Å². The van der Waals surface area contributed by atoms with Gasteiger partial charge in [0.15, 0.2) is 0 Å². The van der Waals surface area contributed by atoms with Crippen molar-refractivity contribution in [1.29, 1.82) is 0 Å². The van der Waals surface area contributed by atoms with Gasteiger partial charge in [-0.1, -0.05) is 60.7 Å². The molecule has 0 spiro atoms. The fraction of sp³-hybridized carbons (Fsp3) is 0.368. The van der Waals surface area contributed by atoms with Gasteiger partial charge < -0.3 is 5.11 Å². The summed E-state index contributed by atoms with van der Waals surface area (Å²) in [7, 11) is 6.01. The van der Waals surface area contributed by atoms with Crippen LogP contribution in [0.4, 0.5) is 0 Å². The van der Waals surface area contributed by atoms with E-state index in [1.54, 1.807) is 49.2 Å². The van der Waals surface area contributed by atoms with Crippen molar-refractivity contribution in [3.05, 3.63) is 71.8 Å². The van der Waals surface area contributed by atoms with Gasteiger partial charge in [-0.15, -0.1) is 0 Å². The lowest BCUT2D eigenvalue weighted by molar-refractivity contribution is 0.0604. The summed E-state index contributed by atoms with van der Waals surface area (Å²) in [6.45, 7) is 0.203. The van der Waals surface area contributed by atoms with Gasteiger partial charge in [-0.25, -0.2) is 14.0 Å². The molecule has 2 rings (SSSR count). The van der Waals surface area contributed by atoms with Crippen LogP contribution >= 0.6 is 7.59 Å². The number of nitrogens with zero attached hydrogens (tertiary/aromatic N) is 3. The van der Waals surface area contributed by atoms with Gasteiger partial charge in [0.2, 0.25) is 0 Å². The van der Waals surface area contributed by atoms with Crippen LogP contribution in [-0.2, 0) is 10.2 Å². The fourth-order valence-electron chi connectivity index (χ4n) is 3.17. The lowest BCUT2D eigenvalue weighted by Crippen LogP contribution is -2.43. The van der Waals surface area contributed by atoms with Crippen LogP contribution in [0.2, 0.25) is 0 Å². The van der Waals surface area contributed by atoms with E-state index in [1.165, 1.54) is 0 Å². The minimum atomic E-state index is -2.95. The summed E-state index contributed by atoms with van der Waals surface area (Å²) in [6.07, 6.45) is 0. The lowest BCUT2D eigenvalue weighted by atomic mass is 9.86. The third-order valence-electron chi connectivity index (χ3n) is 4.45. The van der Waals surface area contributed by atoms with Gasteiger partial charge in [0.1, 0.15) is 5.60 Å². The van der Waals surface area contributed by atoms with E-state index in [1.807, 2.05) is 60.7 Å². The first kappa shape index (κ1) is 19.8. The second-order valence-electron chi connectivity index (χ2n) is 6.62. The average molecular weight is 361 g/mol. The molecule has 0 radical (unpaired) electrons. The zero-order valence-corrected chi connectivity index (χ0v) is 16.5. The summed E-state index contributed by atoms with van der Waals surface area (Å²) in [4.78, 5) is 0. The number of aliphatic hydroxyl groups is 1. The topological polar surface area (TPSA) is 47.0 Å². The Hall–Kier alpha value is -1.49. The molecule has 0 amide bonds.